The van der Waals surface area contributed by atoms with E-state index in [-0.39, 0.29) is 5.56 Å². The van der Waals surface area contributed by atoms with Gasteiger partial charge in [-0.15, -0.1) is 0 Å². The molecule has 0 aliphatic rings. The highest BCUT2D eigenvalue weighted by Crippen LogP contribution is 2.28. The monoisotopic (exact) mass is 346 g/mol. The zero-order valence-corrected chi connectivity index (χ0v) is 13.4. The number of benzene rings is 2. The largest absolute Gasteiger partial charge is 0.457 e. The van der Waals surface area contributed by atoms with Crippen LogP contribution in [0.5, 0.6) is 11.5 Å². The first-order valence-corrected chi connectivity index (χ1v) is 7.61. The zero-order valence-electron chi connectivity index (χ0n) is 11.9. The van der Waals surface area contributed by atoms with Crippen molar-refractivity contribution in [2.45, 2.75) is 6.42 Å². The number of ether oxygens (including phenoxy) is 1. The number of nitrogens with one attached hydrogen (secondary N) is 1. The third kappa shape index (κ3) is 4.34. The summed E-state index contributed by atoms with van der Waals surface area (Å²) < 4.78 is 5.79. The fourth-order valence-electron chi connectivity index (χ4n) is 2.12. The van der Waals surface area contributed by atoms with Gasteiger partial charge in [-0.2, -0.15) is 5.10 Å². The molecule has 0 saturated carbocycles. The third-order valence-electron chi connectivity index (χ3n) is 3.09. The molecule has 0 spiro atoms. The normalized spacial score (nSPS) is 10.5. The van der Waals surface area contributed by atoms with Gasteiger partial charge in [0.15, 0.2) is 0 Å². The van der Waals surface area contributed by atoms with Crippen molar-refractivity contribution in [2.24, 2.45) is 0 Å². The molecule has 2 aromatic carbocycles. The highest BCUT2D eigenvalue weighted by atomic mass is 35.5. The summed E-state index contributed by atoms with van der Waals surface area (Å²) >= 11 is 11.9. The summed E-state index contributed by atoms with van der Waals surface area (Å²) in [6.45, 7) is 0. The lowest BCUT2D eigenvalue weighted by atomic mass is 10.1. The Morgan fingerprint density at radius 1 is 0.957 bits per heavy atom. The van der Waals surface area contributed by atoms with Gasteiger partial charge in [0.2, 0.25) is 0 Å². The van der Waals surface area contributed by atoms with Gasteiger partial charge >= 0.3 is 0 Å². The van der Waals surface area contributed by atoms with Crippen molar-refractivity contribution in [1.82, 2.24) is 10.2 Å². The molecule has 6 heteroatoms. The van der Waals surface area contributed by atoms with Gasteiger partial charge in [0.25, 0.3) is 5.56 Å². The van der Waals surface area contributed by atoms with Crippen molar-refractivity contribution in [2.75, 3.05) is 0 Å². The minimum atomic E-state index is -0.219. The van der Waals surface area contributed by atoms with Gasteiger partial charge in [-0.3, -0.25) is 4.79 Å². The van der Waals surface area contributed by atoms with E-state index in [1.165, 1.54) is 6.07 Å². The van der Waals surface area contributed by atoms with Crippen LogP contribution < -0.4 is 10.3 Å². The van der Waals surface area contributed by atoms with Gasteiger partial charge in [0.05, 0.1) is 5.69 Å². The van der Waals surface area contributed by atoms with Crippen LogP contribution in [0.25, 0.3) is 0 Å². The van der Waals surface area contributed by atoms with E-state index < -0.39 is 0 Å². The average Bonchev–Trinajstić information content (AvgIpc) is 2.49. The summed E-state index contributed by atoms with van der Waals surface area (Å²) in [7, 11) is 0. The molecule has 1 heterocycles. The molecule has 0 atom stereocenters. The number of aromatic nitrogens is 2. The van der Waals surface area contributed by atoms with Crippen molar-refractivity contribution >= 4 is 23.2 Å². The molecule has 4 nitrogen and oxygen atoms in total. The predicted octanol–water partition coefficient (Wildman–Crippen LogP) is 4.46. The van der Waals surface area contributed by atoms with Crippen LogP contribution in [0.3, 0.4) is 0 Å². The molecule has 0 aliphatic heterocycles. The zero-order chi connectivity index (χ0) is 16.2. The van der Waals surface area contributed by atoms with Crippen molar-refractivity contribution < 1.29 is 4.74 Å². The number of nitrogens with zero attached hydrogens (tertiary/aromatic N) is 1. The minimum Gasteiger partial charge on any atom is -0.457 e. The summed E-state index contributed by atoms with van der Waals surface area (Å²) in [5.41, 5.74) is 1.56. The molecule has 0 fully saturated rings. The topological polar surface area (TPSA) is 55.0 Å². The van der Waals surface area contributed by atoms with E-state index in [2.05, 4.69) is 10.2 Å². The standard InChI is InChI=1S/C17H12Cl2N2O2/c18-12-8-13(19)10-16(9-12)23-15-3-1-2-11(7-15)6-14-4-5-17(22)21-20-14/h1-5,7-10H,6H2,(H,21,22). The van der Waals surface area contributed by atoms with Crippen molar-refractivity contribution in [1.29, 1.82) is 0 Å². The van der Waals surface area contributed by atoms with E-state index in [4.69, 9.17) is 27.9 Å². The maximum atomic E-state index is 11.0. The van der Waals surface area contributed by atoms with Crippen molar-refractivity contribution in [3.63, 3.8) is 0 Å². The first-order valence-electron chi connectivity index (χ1n) is 6.86. The molecule has 0 bridgehead atoms. The second kappa shape index (κ2) is 6.86. The van der Waals surface area contributed by atoms with Gasteiger partial charge in [-0.05, 0) is 42.0 Å². The Morgan fingerprint density at radius 2 is 1.74 bits per heavy atom. The van der Waals surface area contributed by atoms with Crippen LogP contribution in [0.4, 0.5) is 0 Å². The molecule has 23 heavy (non-hydrogen) atoms. The summed E-state index contributed by atoms with van der Waals surface area (Å²) in [6, 6.07) is 15.8. The number of H-pyrrole nitrogens is 1. The fourth-order valence-corrected chi connectivity index (χ4v) is 2.63. The molecule has 1 aromatic heterocycles. The maximum absolute atomic E-state index is 11.0. The van der Waals surface area contributed by atoms with E-state index in [1.807, 2.05) is 24.3 Å². The number of hydrogen-bond acceptors (Lipinski definition) is 3. The Bertz CT molecular complexity index is 853. The van der Waals surface area contributed by atoms with Gasteiger partial charge in [0, 0.05) is 22.5 Å². The maximum Gasteiger partial charge on any atom is 0.264 e. The lowest BCUT2D eigenvalue weighted by molar-refractivity contribution is 0.482. The third-order valence-corrected chi connectivity index (χ3v) is 3.53. The van der Waals surface area contributed by atoms with E-state index in [0.717, 1.165) is 11.3 Å². The molecular weight excluding hydrogens is 335 g/mol. The van der Waals surface area contributed by atoms with Gasteiger partial charge in [-0.1, -0.05) is 35.3 Å². The summed E-state index contributed by atoms with van der Waals surface area (Å²) in [5.74, 6) is 1.24. The van der Waals surface area contributed by atoms with E-state index >= 15 is 0 Å². The molecule has 1 N–H and O–H groups in total. The predicted molar refractivity (Wildman–Crippen MR) is 90.6 cm³/mol. The van der Waals surface area contributed by atoms with Crippen LogP contribution in [-0.2, 0) is 6.42 Å². The molecule has 3 rings (SSSR count). The number of hydrogen-bond donors (Lipinski definition) is 1. The van der Waals surface area contributed by atoms with Crippen LogP contribution in [0.1, 0.15) is 11.3 Å². The van der Waals surface area contributed by atoms with Crippen LogP contribution >= 0.6 is 23.2 Å². The number of halogens is 2. The molecule has 0 amide bonds. The lowest BCUT2D eigenvalue weighted by Crippen LogP contribution is -2.07. The Morgan fingerprint density at radius 3 is 2.43 bits per heavy atom. The Hall–Kier alpha value is -2.30. The molecule has 0 unspecified atom stereocenters. The minimum absolute atomic E-state index is 0.219. The molecular formula is C17H12Cl2N2O2. The molecule has 0 aliphatic carbocycles. The molecule has 0 radical (unpaired) electrons. The van der Waals surface area contributed by atoms with E-state index in [0.29, 0.717) is 28.0 Å². The smallest absolute Gasteiger partial charge is 0.264 e. The fraction of sp³-hybridized carbons (Fsp3) is 0.0588. The first-order chi connectivity index (χ1) is 11.1. The molecule has 3 aromatic rings. The van der Waals surface area contributed by atoms with Gasteiger partial charge in [-0.25, -0.2) is 5.10 Å². The summed E-state index contributed by atoms with van der Waals surface area (Å²) in [4.78, 5) is 11.0. The van der Waals surface area contributed by atoms with Crippen molar-refractivity contribution in [3.8, 4) is 11.5 Å². The summed E-state index contributed by atoms with van der Waals surface area (Å²) in [6.07, 6.45) is 0.588. The number of aromatic amines is 1. The van der Waals surface area contributed by atoms with Crippen LogP contribution in [0.15, 0.2) is 59.4 Å². The first kappa shape index (κ1) is 15.6. The average molecular weight is 347 g/mol. The van der Waals surface area contributed by atoms with Crippen LogP contribution in [0.2, 0.25) is 10.0 Å². The van der Waals surface area contributed by atoms with Crippen molar-refractivity contribution in [3.05, 3.63) is 86.3 Å². The second-order valence-electron chi connectivity index (χ2n) is 4.94. The molecule has 0 saturated heterocycles. The molecule has 116 valence electrons. The van der Waals surface area contributed by atoms with Crippen LogP contribution in [0, 0.1) is 0 Å². The number of rotatable bonds is 4. The van der Waals surface area contributed by atoms with Gasteiger partial charge in [0.1, 0.15) is 11.5 Å². The van der Waals surface area contributed by atoms with Gasteiger partial charge < -0.3 is 4.74 Å². The SMILES string of the molecule is O=c1ccc(Cc2cccc(Oc3cc(Cl)cc(Cl)c3)c2)n[nH]1. The quantitative estimate of drug-likeness (QED) is 0.758. The highest BCUT2D eigenvalue weighted by molar-refractivity contribution is 6.34. The second-order valence-corrected chi connectivity index (χ2v) is 5.82. The Balaban J connectivity index is 1.79. The highest BCUT2D eigenvalue weighted by Gasteiger charge is 2.04. The Kier molecular flexibility index (Phi) is 4.65. The Labute approximate surface area is 142 Å². The van der Waals surface area contributed by atoms with Crippen LogP contribution in [-0.4, -0.2) is 10.2 Å². The lowest BCUT2D eigenvalue weighted by Gasteiger charge is -2.08. The van der Waals surface area contributed by atoms with E-state index in [1.54, 1.807) is 24.3 Å². The summed E-state index contributed by atoms with van der Waals surface area (Å²) in [5, 5.41) is 7.45. The van der Waals surface area contributed by atoms with E-state index in [9.17, 15) is 4.79 Å².